The van der Waals surface area contributed by atoms with Crippen LogP contribution in [-0.4, -0.2) is 22.3 Å². The highest BCUT2D eigenvalue weighted by Gasteiger charge is 2.37. The molecule has 3 rings (SSSR count). The van der Waals surface area contributed by atoms with Crippen LogP contribution in [-0.2, 0) is 0 Å². The van der Waals surface area contributed by atoms with E-state index in [2.05, 4.69) is 11.1 Å². The third kappa shape index (κ3) is 1.20. The van der Waals surface area contributed by atoms with Gasteiger partial charge in [0.1, 0.15) is 5.15 Å². The molecule has 15 heavy (non-hydrogen) atoms. The average molecular weight is 221 g/mol. The number of rotatable bonds is 0. The highest BCUT2D eigenvalue weighted by Crippen LogP contribution is 2.37. The van der Waals surface area contributed by atoms with E-state index in [0.29, 0.717) is 17.3 Å². The van der Waals surface area contributed by atoms with Crippen LogP contribution < -0.4 is 0 Å². The summed E-state index contributed by atoms with van der Waals surface area (Å²) in [5, 5.41) is 0.456. The summed E-state index contributed by atoms with van der Waals surface area (Å²) < 4.78 is 0. The van der Waals surface area contributed by atoms with Crippen LogP contribution in [0.15, 0.2) is 24.3 Å². The van der Waals surface area contributed by atoms with Crippen LogP contribution in [0.5, 0.6) is 0 Å². The van der Waals surface area contributed by atoms with E-state index in [-0.39, 0.29) is 11.9 Å². The van der Waals surface area contributed by atoms with Gasteiger partial charge in [0.05, 0.1) is 17.3 Å². The smallest absolute Gasteiger partial charge is 0.256 e. The van der Waals surface area contributed by atoms with Gasteiger partial charge in [0, 0.05) is 6.54 Å². The number of carbonyl (C=O) groups is 1. The van der Waals surface area contributed by atoms with Crippen molar-refractivity contribution < 1.29 is 4.79 Å². The molecule has 2 aliphatic heterocycles. The van der Waals surface area contributed by atoms with Crippen molar-refractivity contribution in [2.75, 3.05) is 6.54 Å². The molecule has 1 amide bonds. The molecule has 0 aromatic carbocycles. The molecule has 0 fully saturated rings. The highest BCUT2D eigenvalue weighted by molar-refractivity contribution is 6.29. The minimum Gasteiger partial charge on any atom is -0.326 e. The molecular weight excluding hydrogens is 212 g/mol. The van der Waals surface area contributed by atoms with Crippen molar-refractivity contribution in [3.63, 3.8) is 0 Å². The minimum absolute atomic E-state index is 0.0727. The predicted octanol–water partition coefficient (Wildman–Crippen LogP) is 2.19. The van der Waals surface area contributed by atoms with Gasteiger partial charge in [-0.1, -0.05) is 23.8 Å². The molecule has 0 saturated carbocycles. The molecule has 1 aromatic heterocycles. The van der Waals surface area contributed by atoms with Gasteiger partial charge >= 0.3 is 0 Å². The summed E-state index contributed by atoms with van der Waals surface area (Å²) in [6.45, 7) is 0.678. The molecule has 0 bridgehead atoms. The molecule has 0 radical (unpaired) electrons. The Morgan fingerprint density at radius 1 is 1.40 bits per heavy atom. The van der Waals surface area contributed by atoms with Crippen molar-refractivity contribution in [2.45, 2.75) is 12.5 Å². The molecule has 76 valence electrons. The van der Waals surface area contributed by atoms with E-state index in [9.17, 15) is 4.79 Å². The zero-order valence-corrected chi connectivity index (χ0v) is 8.74. The SMILES string of the molecule is O=C1c2ccc(Cl)nc2C2CC=CCN12. The Morgan fingerprint density at radius 3 is 3.13 bits per heavy atom. The van der Waals surface area contributed by atoms with Gasteiger partial charge in [0.2, 0.25) is 0 Å². The van der Waals surface area contributed by atoms with E-state index in [0.717, 1.165) is 12.1 Å². The second-order valence-electron chi connectivity index (χ2n) is 3.75. The normalized spacial score (nSPS) is 22.9. The van der Waals surface area contributed by atoms with Crippen molar-refractivity contribution >= 4 is 17.5 Å². The number of pyridine rings is 1. The fourth-order valence-electron chi connectivity index (χ4n) is 2.19. The standard InChI is InChI=1S/C11H9ClN2O/c12-9-5-4-7-10(13-9)8-3-1-2-6-14(8)11(7)15/h1-2,4-5,8H,3,6H2. The van der Waals surface area contributed by atoms with Gasteiger partial charge < -0.3 is 4.90 Å². The molecule has 2 aliphatic rings. The van der Waals surface area contributed by atoms with E-state index < -0.39 is 0 Å². The fraction of sp³-hybridized carbons (Fsp3) is 0.273. The van der Waals surface area contributed by atoms with Crippen molar-refractivity contribution in [3.8, 4) is 0 Å². The molecule has 0 N–H and O–H groups in total. The van der Waals surface area contributed by atoms with Gasteiger partial charge in [0.25, 0.3) is 5.91 Å². The van der Waals surface area contributed by atoms with Crippen molar-refractivity contribution in [1.29, 1.82) is 0 Å². The number of amides is 1. The molecule has 1 atom stereocenters. The van der Waals surface area contributed by atoms with Crippen LogP contribution in [0.25, 0.3) is 0 Å². The predicted molar refractivity (Wildman–Crippen MR) is 56.8 cm³/mol. The third-order valence-corrected chi connectivity index (χ3v) is 3.11. The maximum atomic E-state index is 12.0. The lowest BCUT2D eigenvalue weighted by atomic mass is 10.1. The van der Waals surface area contributed by atoms with Crippen molar-refractivity contribution in [3.05, 3.63) is 40.7 Å². The van der Waals surface area contributed by atoms with Crippen LogP contribution in [0, 0.1) is 0 Å². The molecular formula is C11H9ClN2O. The Morgan fingerprint density at radius 2 is 2.27 bits per heavy atom. The number of carbonyl (C=O) groups excluding carboxylic acids is 1. The van der Waals surface area contributed by atoms with Gasteiger partial charge in [-0.2, -0.15) is 0 Å². The second kappa shape index (κ2) is 3.07. The maximum Gasteiger partial charge on any atom is 0.256 e. The van der Waals surface area contributed by atoms with E-state index in [1.165, 1.54) is 0 Å². The number of aromatic nitrogens is 1. The Balaban J connectivity index is 2.15. The first-order valence-electron chi connectivity index (χ1n) is 4.90. The molecule has 4 heteroatoms. The van der Waals surface area contributed by atoms with Crippen molar-refractivity contribution in [2.24, 2.45) is 0 Å². The summed E-state index contributed by atoms with van der Waals surface area (Å²) >= 11 is 5.84. The van der Waals surface area contributed by atoms with Crippen LogP contribution in [0.1, 0.15) is 28.5 Å². The van der Waals surface area contributed by atoms with E-state index in [4.69, 9.17) is 11.6 Å². The number of halogens is 1. The topological polar surface area (TPSA) is 33.2 Å². The lowest BCUT2D eigenvalue weighted by molar-refractivity contribution is 0.0740. The van der Waals surface area contributed by atoms with E-state index >= 15 is 0 Å². The Bertz CT molecular complexity index is 470. The largest absolute Gasteiger partial charge is 0.326 e. The zero-order chi connectivity index (χ0) is 10.4. The lowest BCUT2D eigenvalue weighted by Gasteiger charge is -2.25. The molecule has 1 aromatic rings. The number of hydrogen-bond acceptors (Lipinski definition) is 2. The molecule has 0 saturated heterocycles. The van der Waals surface area contributed by atoms with E-state index in [1.54, 1.807) is 12.1 Å². The Labute approximate surface area is 92.4 Å². The summed E-state index contributed by atoms with van der Waals surface area (Å²) in [5.41, 5.74) is 1.53. The summed E-state index contributed by atoms with van der Waals surface area (Å²) in [6, 6.07) is 3.53. The summed E-state index contributed by atoms with van der Waals surface area (Å²) in [6.07, 6.45) is 4.94. The minimum atomic E-state index is 0.0727. The lowest BCUT2D eigenvalue weighted by Crippen LogP contribution is -2.30. The first kappa shape index (κ1) is 8.92. The van der Waals surface area contributed by atoms with Gasteiger partial charge in [-0.25, -0.2) is 4.98 Å². The number of nitrogens with zero attached hydrogens (tertiary/aromatic N) is 2. The second-order valence-corrected chi connectivity index (χ2v) is 4.13. The molecule has 1 unspecified atom stereocenters. The molecule has 0 spiro atoms. The summed E-state index contributed by atoms with van der Waals surface area (Å²) in [5.74, 6) is 0.0727. The van der Waals surface area contributed by atoms with Crippen LogP contribution >= 0.6 is 11.6 Å². The summed E-state index contributed by atoms with van der Waals surface area (Å²) in [4.78, 5) is 18.1. The van der Waals surface area contributed by atoms with Gasteiger partial charge in [0.15, 0.2) is 0 Å². The summed E-state index contributed by atoms with van der Waals surface area (Å²) in [7, 11) is 0. The Hall–Kier alpha value is -1.35. The zero-order valence-electron chi connectivity index (χ0n) is 7.98. The third-order valence-electron chi connectivity index (χ3n) is 2.90. The van der Waals surface area contributed by atoms with Crippen LogP contribution in [0.4, 0.5) is 0 Å². The van der Waals surface area contributed by atoms with Gasteiger partial charge in [-0.3, -0.25) is 4.79 Å². The van der Waals surface area contributed by atoms with Crippen LogP contribution in [0.3, 0.4) is 0 Å². The quantitative estimate of drug-likeness (QED) is 0.496. The highest BCUT2D eigenvalue weighted by atomic mass is 35.5. The maximum absolute atomic E-state index is 12.0. The van der Waals surface area contributed by atoms with Gasteiger partial charge in [-0.05, 0) is 18.6 Å². The van der Waals surface area contributed by atoms with Crippen LogP contribution in [0.2, 0.25) is 5.15 Å². The first-order chi connectivity index (χ1) is 7.27. The number of fused-ring (bicyclic) bond motifs is 3. The fourth-order valence-corrected chi connectivity index (χ4v) is 2.35. The average Bonchev–Trinajstić information content (AvgIpc) is 2.54. The monoisotopic (exact) mass is 220 g/mol. The molecule has 3 heterocycles. The first-order valence-corrected chi connectivity index (χ1v) is 5.27. The molecule has 0 aliphatic carbocycles. The molecule has 3 nitrogen and oxygen atoms in total. The Kier molecular flexibility index (Phi) is 1.83. The number of hydrogen-bond donors (Lipinski definition) is 0. The van der Waals surface area contributed by atoms with Crippen molar-refractivity contribution in [1.82, 2.24) is 9.88 Å². The van der Waals surface area contributed by atoms with Gasteiger partial charge in [-0.15, -0.1) is 0 Å². The van der Waals surface area contributed by atoms with E-state index in [1.807, 2.05) is 11.0 Å².